The van der Waals surface area contributed by atoms with Gasteiger partial charge in [0.2, 0.25) is 0 Å². The number of hydrogen-bond acceptors (Lipinski definition) is 4. The number of amides is 1. The zero-order valence-corrected chi connectivity index (χ0v) is 18.4. The van der Waals surface area contributed by atoms with Crippen LogP contribution in [0.4, 0.5) is 0 Å². The van der Waals surface area contributed by atoms with E-state index in [4.69, 9.17) is 14.5 Å². The lowest BCUT2D eigenvalue weighted by Gasteiger charge is -2.13. The first-order chi connectivity index (χ1) is 15.7. The molecule has 3 aromatic carbocycles. The molecule has 6 heteroatoms. The standard InChI is InChI=1S/C26H27N3O3/c1-31-21-11-7-10-19(17-21)26(30)27-16-8-15-25-28-22-12-4-5-13-23(22)29(25)18-20-9-3-6-14-24(20)32-2/h3-7,9-14,17H,8,15-16,18H2,1-2H3,(H,27,30). The normalized spacial score (nSPS) is 10.8. The molecule has 4 aromatic rings. The fourth-order valence-electron chi connectivity index (χ4n) is 3.81. The van der Waals surface area contributed by atoms with Crippen molar-refractivity contribution in [1.29, 1.82) is 0 Å². The number of nitrogens with one attached hydrogen (secondary N) is 1. The number of nitrogens with zero attached hydrogens (tertiary/aromatic N) is 2. The number of carbonyl (C=O) groups is 1. The van der Waals surface area contributed by atoms with Gasteiger partial charge in [-0.3, -0.25) is 4.79 Å². The van der Waals surface area contributed by atoms with Crippen molar-refractivity contribution in [1.82, 2.24) is 14.9 Å². The first-order valence-corrected chi connectivity index (χ1v) is 10.7. The average molecular weight is 430 g/mol. The molecule has 4 rings (SSSR count). The van der Waals surface area contributed by atoms with E-state index < -0.39 is 0 Å². The average Bonchev–Trinajstić information content (AvgIpc) is 3.19. The maximum atomic E-state index is 12.4. The molecule has 1 N–H and O–H groups in total. The van der Waals surface area contributed by atoms with Gasteiger partial charge in [-0.1, -0.05) is 36.4 Å². The number of fused-ring (bicyclic) bond motifs is 1. The zero-order chi connectivity index (χ0) is 22.3. The van der Waals surface area contributed by atoms with Crippen molar-refractivity contribution in [3.8, 4) is 11.5 Å². The lowest BCUT2D eigenvalue weighted by atomic mass is 10.2. The van der Waals surface area contributed by atoms with Crippen LogP contribution in [0.3, 0.4) is 0 Å². The first-order valence-electron chi connectivity index (χ1n) is 10.7. The Morgan fingerprint density at radius 1 is 0.969 bits per heavy atom. The molecule has 1 aromatic heterocycles. The number of carbonyl (C=O) groups excluding carboxylic acids is 1. The number of methoxy groups -OCH3 is 2. The van der Waals surface area contributed by atoms with Gasteiger partial charge in [0.15, 0.2) is 0 Å². The predicted molar refractivity (Wildman–Crippen MR) is 125 cm³/mol. The Morgan fingerprint density at radius 2 is 1.78 bits per heavy atom. The highest BCUT2D eigenvalue weighted by molar-refractivity contribution is 5.94. The summed E-state index contributed by atoms with van der Waals surface area (Å²) in [5.41, 5.74) is 3.75. The van der Waals surface area contributed by atoms with Gasteiger partial charge in [-0.2, -0.15) is 0 Å². The van der Waals surface area contributed by atoms with E-state index in [1.807, 2.05) is 48.5 Å². The molecule has 0 saturated heterocycles. The number of benzene rings is 3. The van der Waals surface area contributed by atoms with Crippen LogP contribution in [-0.4, -0.2) is 36.2 Å². The molecular formula is C26H27N3O3. The van der Waals surface area contributed by atoms with E-state index in [1.165, 1.54) is 0 Å². The SMILES string of the molecule is COc1cccc(C(=O)NCCCc2nc3ccccc3n2Cc2ccccc2OC)c1. The number of imidazole rings is 1. The van der Waals surface area contributed by atoms with E-state index in [1.54, 1.807) is 26.4 Å². The van der Waals surface area contributed by atoms with E-state index >= 15 is 0 Å². The van der Waals surface area contributed by atoms with Crippen molar-refractivity contribution < 1.29 is 14.3 Å². The molecule has 0 aliphatic carbocycles. The molecule has 0 atom stereocenters. The van der Waals surface area contributed by atoms with Crippen LogP contribution < -0.4 is 14.8 Å². The van der Waals surface area contributed by atoms with Gasteiger partial charge < -0.3 is 19.4 Å². The third-order valence-electron chi connectivity index (χ3n) is 5.45. The van der Waals surface area contributed by atoms with E-state index in [9.17, 15) is 4.79 Å². The highest BCUT2D eigenvalue weighted by atomic mass is 16.5. The third kappa shape index (κ3) is 4.75. The smallest absolute Gasteiger partial charge is 0.251 e. The summed E-state index contributed by atoms with van der Waals surface area (Å²) in [5.74, 6) is 2.42. The molecule has 0 spiro atoms. The fraction of sp³-hybridized carbons (Fsp3) is 0.231. The minimum absolute atomic E-state index is 0.105. The second kappa shape index (κ2) is 10.0. The predicted octanol–water partition coefficient (Wildman–Crippen LogP) is 4.46. The monoisotopic (exact) mass is 429 g/mol. The lowest BCUT2D eigenvalue weighted by Crippen LogP contribution is -2.25. The zero-order valence-electron chi connectivity index (χ0n) is 18.4. The van der Waals surface area contributed by atoms with Gasteiger partial charge in [0.05, 0.1) is 31.8 Å². The number of aromatic nitrogens is 2. The molecule has 164 valence electrons. The second-order valence-electron chi connectivity index (χ2n) is 7.51. The van der Waals surface area contributed by atoms with E-state index in [0.717, 1.165) is 41.0 Å². The largest absolute Gasteiger partial charge is 0.497 e. The molecule has 0 aliphatic heterocycles. The van der Waals surface area contributed by atoms with Crippen LogP contribution in [0.15, 0.2) is 72.8 Å². The van der Waals surface area contributed by atoms with Crippen molar-refractivity contribution in [3.05, 3.63) is 89.7 Å². The Kier molecular flexibility index (Phi) is 6.70. The van der Waals surface area contributed by atoms with Gasteiger partial charge >= 0.3 is 0 Å². The first kappa shape index (κ1) is 21.4. The quantitative estimate of drug-likeness (QED) is 0.399. The van der Waals surface area contributed by atoms with Gasteiger partial charge in [-0.15, -0.1) is 0 Å². The second-order valence-corrected chi connectivity index (χ2v) is 7.51. The lowest BCUT2D eigenvalue weighted by molar-refractivity contribution is 0.0953. The maximum absolute atomic E-state index is 12.4. The molecule has 1 amide bonds. The Balaban J connectivity index is 1.46. The Hall–Kier alpha value is -3.80. The van der Waals surface area contributed by atoms with Gasteiger partial charge in [-0.05, 0) is 42.8 Å². The van der Waals surface area contributed by atoms with Crippen molar-refractivity contribution >= 4 is 16.9 Å². The molecule has 0 fully saturated rings. The van der Waals surface area contributed by atoms with Crippen molar-refractivity contribution in [3.63, 3.8) is 0 Å². The number of para-hydroxylation sites is 3. The summed E-state index contributed by atoms with van der Waals surface area (Å²) in [7, 11) is 3.28. The molecule has 6 nitrogen and oxygen atoms in total. The maximum Gasteiger partial charge on any atom is 0.251 e. The Morgan fingerprint density at radius 3 is 2.62 bits per heavy atom. The van der Waals surface area contributed by atoms with Crippen molar-refractivity contribution in [2.24, 2.45) is 0 Å². The van der Waals surface area contributed by atoms with Crippen molar-refractivity contribution in [2.45, 2.75) is 19.4 Å². The number of hydrogen-bond donors (Lipinski definition) is 1. The van der Waals surface area contributed by atoms with Crippen molar-refractivity contribution in [2.75, 3.05) is 20.8 Å². The Bertz CT molecular complexity index is 1220. The topological polar surface area (TPSA) is 65.4 Å². The highest BCUT2D eigenvalue weighted by Gasteiger charge is 2.13. The van der Waals surface area contributed by atoms with Crippen LogP contribution in [0.25, 0.3) is 11.0 Å². The highest BCUT2D eigenvalue weighted by Crippen LogP contribution is 2.23. The number of aryl methyl sites for hydroxylation is 1. The minimum Gasteiger partial charge on any atom is -0.497 e. The van der Waals surface area contributed by atoms with Crippen LogP contribution in [0.2, 0.25) is 0 Å². The summed E-state index contributed by atoms with van der Waals surface area (Å²) in [5, 5.41) is 2.99. The van der Waals surface area contributed by atoms with E-state index in [-0.39, 0.29) is 5.91 Å². The molecular weight excluding hydrogens is 402 g/mol. The fourth-order valence-corrected chi connectivity index (χ4v) is 3.81. The van der Waals surface area contributed by atoms with E-state index in [0.29, 0.717) is 24.4 Å². The summed E-state index contributed by atoms with van der Waals surface area (Å²) in [6, 6.07) is 23.3. The summed E-state index contributed by atoms with van der Waals surface area (Å²) >= 11 is 0. The summed E-state index contributed by atoms with van der Waals surface area (Å²) in [6.07, 6.45) is 1.53. The molecule has 0 unspecified atom stereocenters. The molecule has 1 heterocycles. The molecule has 0 radical (unpaired) electrons. The number of rotatable bonds is 9. The summed E-state index contributed by atoms with van der Waals surface area (Å²) in [4.78, 5) is 17.3. The van der Waals surface area contributed by atoms with Crippen LogP contribution in [0.5, 0.6) is 11.5 Å². The van der Waals surface area contributed by atoms with Crippen LogP contribution in [0, 0.1) is 0 Å². The van der Waals surface area contributed by atoms with Crippen LogP contribution >= 0.6 is 0 Å². The molecule has 0 saturated carbocycles. The number of ether oxygens (including phenoxy) is 2. The third-order valence-corrected chi connectivity index (χ3v) is 5.45. The minimum atomic E-state index is -0.105. The Labute approximate surface area is 187 Å². The molecule has 0 bridgehead atoms. The van der Waals surface area contributed by atoms with Crippen LogP contribution in [0.1, 0.15) is 28.2 Å². The van der Waals surface area contributed by atoms with Gasteiger partial charge in [0.1, 0.15) is 17.3 Å². The van der Waals surface area contributed by atoms with E-state index in [2.05, 4.69) is 22.0 Å². The summed E-state index contributed by atoms with van der Waals surface area (Å²) < 4.78 is 13.0. The van der Waals surface area contributed by atoms with Gasteiger partial charge in [0.25, 0.3) is 5.91 Å². The van der Waals surface area contributed by atoms with Gasteiger partial charge in [-0.25, -0.2) is 4.98 Å². The summed E-state index contributed by atoms with van der Waals surface area (Å²) in [6.45, 7) is 1.24. The molecule has 0 aliphatic rings. The van der Waals surface area contributed by atoms with Gasteiger partial charge in [0, 0.05) is 24.1 Å². The van der Waals surface area contributed by atoms with Crippen LogP contribution in [-0.2, 0) is 13.0 Å². The molecule has 32 heavy (non-hydrogen) atoms.